The minimum atomic E-state index is -1.14. The van der Waals surface area contributed by atoms with Gasteiger partial charge >= 0.3 is 12.1 Å². The molecule has 0 spiro atoms. The van der Waals surface area contributed by atoms with Gasteiger partial charge in [0.2, 0.25) is 0 Å². The Morgan fingerprint density at radius 3 is 2.17 bits per heavy atom. The molecule has 0 aliphatic heterocycles. The zero-order valence-corrected chi connectivity index (χ0v) is 19.6. The third-order valence-electron chi connectivity index (χ3n) is 6.30. The Morgan fingerprint density at radius 2 is 1.60 bits per heavy atom. The number of carbonyl (C=O) groups is 3. The van der Waals surface area contributed by atoms with Crippen molar-refractivity contribution in [2.24, 2.45) is 0 Å². The van der Waals surface area contributed by atoms with E-state index in [1.807, 2.05) is 36.4 Å². The van der Waals surface area contributed by atoms with Gasteiger partial charge in [-0.05, 0) is 41.3 Å². The van der Waals surface area contributed by atoms with Crippen molar-refractivity contribution in [3.05, 3.63) is 83.4 Å². The third-order valence-corrected chi connectivity index (χ3v) is 6.30. The van der Waals surface area contributed by atoms with Crippen molar-refractivity contribution >= 4 is 23.7 Å². The van der Waals surface area contributed by atoms with Crippen LogP contribution in [-0.4, -0.2) is 54.8 Å². The van der Waals surface area contributed by atoms with E-state index in [9.17, 15) is 19.5 Å². The van der Waals surface area contributed by atoms with Crippen LogP contribution in [0.5, 0.6) is 5.75 Å². The molecule has 0 aromatic heterocycles. The average molecular weight is 475 g/mol. The summed E-state index contributed by atoms with van der Waals surface area (Å²) in [5.74, 6) is -1.39. The second-order valence-corrected chi connectivity index (χ2v) is 8.29. The molecule has 1 aliphatic carbocycles. The predicted octanol–water partition coefficient (Wildman–Crippen LogP) is 4.60. The highest BCUT2D eigenvalue weighted by atomic mass is 16.5. The van der Waals surface area contributed by atoms with Crippen LogP contribution in [0.15, 0.2) is 66.7 Å². The number of aliphatic carboxylic acids is 1. The number of nitrogens with one attached hydrogen (secondary N) is 1. The molecule has 3 aromatic rings. The topological polar surface area (TPSA) is 105 Å². The zero-order valence-electron chi connectivity index (χ0n) is 19.6. The fraction of sp³-hybridized carbons (Fsp3) is 0.222. The minimum absolute atomic E-state index is 0.109. The van der Waals surface area contributed by atoms with E-state index >= 15 is 0 Å². The predicted molar refractivity (Wildman–Crippen MR) is 131 cm³/mol. The summed E-state index contributed by atoms with van der Waals surface area (Å²) in [4.78, 5) is 38.2. The molecule has 0 saturated heterocycles. The lowest BCUT2D eigenvalue weighted by molar-refractivity contribution is -0.141. The molecular weight excluding hydrogens is 448 g/mol. The molecule has 180 valence electrons. The van der Waals surface area contributed by atoms with E-state index in [0.717, 1.165) is 27.2 Å². The smallest absolute Gasteiger partial charge is 0.411 e. The van der Waals surface area contributed by atoms with Crippen molar-refractivity contribution in [2.75, 3.05) is 26.1 Å². The van der Waals surface area contributed by atoms with Crippen molar-refractivity contribution in [1.82, 2.24) is 4.90 Å². The first-order valence-corrected chi connectivity index (χ1v) is 11.1. The number of anilines is 1. The molecule has 3 aromatic carbocycles. The molecular formula is C27H26N2O6. The summed E-state index contributed by atoms with van der Waals surface area (Å²) >= 11 is 0. The molecule has 4 rings (SSSR count). The number of rotatable bonds is 7. The number of amides is 2. The molecule has 0 saturated carbocycles. The fourth-order valence-corrected chi connectivity index (χ4v) is 4.22. The molecule has 2 N–H and O–H groups in total. The molecule has 2 amide bonds. The lowest BCUT2D eigenvalue weighted by Crippen LogP contribution is -2.40. The van der Waals surface area contributed by atoms with E-state index in [-0.39, 0.29) is 23.8 Å². The first-order chi connectivity index (χ1) is 16.8. The number of methoxy groups -OCH3 is 1. The molecule has 0 heterocycles. The molecule has 0 fully saturated rings. The number of likely N-dealkylation sites (N-methyl/N-ethyl adjacent to an activating group) is 1. The van der Waals surface area contributed by atoms with Gasteiger partial charge < -0.3 is 19.5 Å². The van der Waals surface area contributed by atoms with Crippen LogP contribution in [0.1, 0.15) is 34.3 Å². The van der Waals surface area contributed by atoms with Gasteiger partial charge in [-0.25, -0.2) is 9.59 Å². The Labute approximate surface area is 203 Å². The van der Waals surface area contributed by atoms with Gasteiger partial charge in [-0.1, -0.05) is 48.5 Å². The average Bonchev–Trinajstić information content (AvgIpc) is 3.19. The standard InChI is InChI=1S/C27H26N2O6/c1-16(26(31)32)29(2)25(30)22-13-12-17(34-3)14-24(22)28-27(33)35-15-23-20-10-6-4-8-18(20)19-9-5-7-11-21(19)23/h4-14,16,23H,15H2,1-3H3,(H,28,33)(H,31,32). The molecule has 1 atom stereocenters. The van der Waals surface area contributed by atoms with Crippen LogP contribution in [0, 0.1) is 0 Å². The molecule has 1 aliphatic rings. The minimum Gasteiger partial charge on any atom is -0.497 e. The number of hydrogen-bond donors (Lipinski definition) is 2. The molecule has 1 unspecified atom stereocenters. The highest BCUT2D eigenvalue weighted by Crippen LogP contribution is 2.44. The lowest BCUT2D eigenvalue weighted by atomic mass is 9.98. The fourth-order valence-electron chi connectivity index (χ4n) is 4.22. The van der Waals surface area contributed by atoms with Gasteiger partial charge in [-0.3, -0.25) is 10.1 Å². The lowest BCUT2D eigenvalue weighted by Gasteiger charge is -2.23. The molecule has 0 bridgehead atoms. The van der Waals surface area contributed by atoms with E-state index in [1.54, 1.807) is 6.07 Å². The first-order valence-electron chi connectivity index (χ1n) is 11.1. The van der Waals surface area contributed by atoms with Crippen molar-refractivity contribution in [3.63, 3.8) is 0 Å². The number of ether oxygens (including phenoxy) is 2. The van der Waals surface area contributed by atoms with Crippen LogP contribution in [0.4, 0.5) is 10.5 Å². The van der Waals surface area contributed by atoms with Gasteiger partial charge in [-0.2, -0.15) is 0 Å². The SMILES string of the molecule is COc1ccc(C(=O)N(C)C(C)C(=O)O)c(NC(=O)OCC2c3ccccc3-c3ccccc32)c1. The summed E-state index contributed by atoms with van der Waals surface area (Å²) < 4.78 is 10.8. The van der Waals surface area contributed by atoms with Gasteiger partial charge in [-0.15, -0.1) is 0 Å². The number of benzene rings is 3. The van der Waals surface area contributed by atoms with Gasteiger partial charge in [0.05, 0.1) is 18.4 Å². The van der Waals surface area contributed by atoms with E-state index in [1.165, 1.54) is 33.2 Å². The third kappa shape index (κ3) is 4.68. The van der Waals surface area contributed by atoms with E-state index < -0.39 is 24.0 Å². The van der Waals surface area contributed by atoms with Crippen LogP contribution in [0.3, 0.4) is 0 Å². The quantitative estimate of drug-likeness (QED) is 0.519. The number of hydrogen-bond acceptors (Lipinski definition) is 5. The Kier molecular flexibility index (Phi) is 6.73. The Hall–Kier alpha value is -4.33. The summed E-state index contributed by atoms with van der Waals surface area (Å²) in [5.41, 5.74) is 4.69. The van der Waals surface area contributed by atoms with E-state index in [4.69, 9.17) is 9.47 Å². The highest BCUT2D eigenvalue weighted by molar-refractivity contribution is 6.04. The zero-order chi connectivity index (χ0) is 25.1. The molecule has 0 radical (unpaired) electrons. The summed E-state index contributed by atoms with van der Waals surface area (Å²) in [6, 6.07) is 19.5. The maximum Gasteiger partial charge on any atom is 0.411 e. The maximum atomic E-state index is 13.0. The number of carboxylic acids is 1. The number of carbonyl (C=O) groups excluding carboxylic acids is 2. The molecule has 8 heteroatoms. The van der Waals surface area contributed by atoms with E-state index in [0.29, 0.717) is 5.75 Å². The van der Waals surface area contributed by atoms with Gasteiger partial charge in [0.25, 0.3) is 5.91 Å². The van der Waals surface area contributed by atoms with Gasteiger partial charge in [0.1, 0.15) is 18.4 Å². The van der Waals surface area contributed by atoms with Gasteiger partial charge in [0.15, 0.2) is 0 Å². The van der Waals surface area contributed by atoms with Crippen LogP contribution >= 0.6 is 0 Å². The monoisotopic (exact) mass is 474 g/mol. The van der Waals surface area contributed by atoms with Crippen LogP contribution in [0.25, 0.3) is 11.1 Å². The maximum absolute atomic E-state index is 13.0. The van der Waals surface area contributed by atoms with Crippen LogP contribution in [-0.2, 0) is 9.53 Å². The Morgan fingerprint density at radius 1 is 1.00 bits per heavy atom. The normalized spacial score (nSPS) is 12.8. The largest absolute Gasteiger partial charge is 0.497 e. The van der Waals surface area contributed by atoms with Crippen LogP contribution < -0.4 is 10.1 Å². The number of nitrogens with zero attached hydrogens (tertiary/aromatic N) is 1. The summed E-state index contributed by atoms with van der Waals surface area (Å²) in [6.45, 7) is 1.52. The van der Waals surface area contributed by atoms with Crippen LogP contribution in [0.2, 0.25) is 0 Å². The van der Waals surface area contributed by atoms with Crippen molar-refractivity contribution < 1.29 is 29.0 Å². The van der Waals surface area contributed by atoms with Crippen molar-refractivity contribution in [3.8, 4) is 16.9 Å². The number of fused-ring (bicyclic) bond motifs is 3. The molecule has 8 nitrogen and oxygen atoms in total. The first kappa shape index (κ1) is 23.8. The second-order valence-electron chi connectivity index (χ2n) is 8.29. The highest BCUT2D eigenvalue weighted by Gasteiger charge is 2.30. The number of carboxylic acid groups (broad SMARTS) is 1. The van der Waals surface area contributed by atoms with E-state index in [2.05, 4.69) is 17.4 Å². The van der Waals surface area contributed by atoms with Gasteiger partial charge in [0, 0.05) is 19.0 Å². The van der Waals surface area contributed by atoms with Crippen molar-refractivity contribution in [2.45, 2.75) is 18.9 Å². The Balaban J connectivity index is 1.53. The second kappa shape index (κ2) is 9.89. The Bertz CT molecular complexity index is 1240. The summed E-state index contributed by atoms with van der Waals surface area (Å²) in [6.07, 6.45) is -0.733. The summed E-state index contributed by atoms with van der Waals surface area (Å²) in [5, 5.41) is 11.9. The summed E-state index contributed by atoms with van der Waals surface area (Å²) in [7, 11) is 2.86. The molecule has 35 heavy (non-hydrogen) atoms. The van der Waals surface area contributed by atoms with Crippen molar-refractivity contribution in [1.29, 1.82) is 0 Å².